The highest BCUT2D eigenvalue weighted by molar-refractivity contribution is 5.37. The van der Waals surface area contributed by atoms with Gasteiger partial charge in [0.2, 0.25) is 0 Å². The van der Waals surface area contributed by atoms with Crippen LogP contribution in [0.4, 0.5) is 0 Å². The summed E-state index contributed by atoms with van der Waals surface area (Å²) >= 11 is 0. The van der Waals surface area contributed by atoms with Gasteiger partial charge in [0.1, 0.15) is 5.75 Å². The zero-order chi connectivity index (χ0) is 14.0. The molecule has 1 fully saturated rings. The Morgan fingerprint density at radius 2 is 2.11 bits per heavy atom. The van der Waals surface area contributed by atoms with Gasteiger partial charge in [-0.25, -0.2) is 0 Å². The first-order valence-electron chi connectivity index (χ1n) is 7.43. The van der Waals surface area contributed by atoms with Crippen LogP contribution in [-0.2, 0) is 0 Å². The number of rotatable bonds is 3. The molecular weight excluding hydrogens is 234 g/mol. The molecule has 1 aliphatic rings. The summed E-state index contributed by atoms with van der Waals surface area (Å²) in [6, 6.07) is 6.73. The molecule has 1 aromatic carbocycles. The molecule has 0 aliphatic heterocycles. The molecule has 2 nitrogen and oxygen atoms in total. The van der Waals surface area contributed by atoms with Crippen LogP contribution in [0.1, 0.15) is 63.6 Å². The van der Waals surface area contributed by atoms with Gasteiger partial charge in [-0.1, -0.05) is 32.4 Å². The summed E-state index contributed by atoms with van der Waals surface area (Å²) < 4.78 is 0. The quantitative estimate of drug-likeness (QED) is 0.849. The lowest BCUT2D eigenvalue weighted by molar-refractivity contribution is 0.190. The highest BCUT2D eigenvalue weighted by Crippen LogP contribution is 2.36. The van der Waals surface area contributed by atoms with Gasteiger partial charge in [0.15, 0.2) is 0 Å². The number of aryl methyl sites for hydroxylation is 1. The van der Waals surface area contributed by atoms with E-state index in [0.29, 0.717) is 17.2 Å². The molecule has 0 bridgehead atoms. The van der Waals surface area contributed by atoms with Gasteiger partial charge in [0.25, 0.3) is 0 Å². The van der Waals surface area contributed by atoms with Gasteiger partial charge in [-0.2, -0.15) is 0 Å². The fourth-order valence-electron chi connectivity index (χ4n) is 3.30. The monoisotopic (exact) mass is 261 g/mol. The van der Waals surface area contributed by atoms with Crippen molar-refractivity contribution in [3.63, 3.8) is 0 Å². The van der Waals surface area contributed by atoms with Gasteiger partial charge < -0.3 is 10.4 Å². The van der Waals surface area contributed by atoms with Gasteiger partial charge in [-0.15, -0.1) is 0 Å². The van der Waals surface area contributed by atoms with Crippen LogP contribution in [0.2, 0.25) is 0 Å². The second-order valence-electron chi connectivity index (χ2n) is 6.91. The van der Waals surface area contributed by atoms with Crippen LogP contribution >= 0.6 is 0 Å². The van der Waals surface area contributed by atoms with Crippen LogP contribution in [0.25, 0.3) is 0 Å². The van der Waals surface area contributed by atoms with Crippen molar-refractivity contribution < 1.29 is 5.11 Å². The molecule has 1 saturated carbocycles. The maximum absolute atomic E-state index is 10.1. The predicted octanol–water partition coefficient (Wildman–Crippen LogP) is 4.32. The maximum Gasteiger partial charge on any atom is 0.120 e. The summed E-state index contributed by atoms with van der Waals surface area (Å²) in [5.41, 5.74) is 2.56. The van der Waals surface area contributed by atoms with Crippen LogP contribution in [-0.4, -0.2) is 11.1 Å². The van der Waals surface area contributed by atoms with Crippen LogP contribution in [0.5, 0.6) is 5.75 Å². The molecule has 0 radical (unpaired) electrons. The highest BCUT2D eigenvalue weighted by Gasteiger charge is 2.28. The summed E-state index contributed by atoms with van der Waals surface area (Å²) in [5.74, 6) is 0.412. The predicted molar refractivity (Wildman–Crippen MR) is 80.4 cm³/mol. The lowest BCUT2D eigenvalue weighted by Crippen LogP contribution is -2.38. The smallest absolute Gasteiger partial charge is 0.120 e. The topological polar surface area (TPSA) is 32.3 Å². The van der Waals surface area contributed by atoms with Gasteiger partial charge in [-0.05, 0) is 50.2 Å². The number of benzene rings is 1. The van der Waals surface area contributed by atoms with E-state index >= 15 is 0 Å². The zero-order valence-electron chi connectivity index (χ0n) is 12.7. The second kappa shape index (κ2) is 5.54. The van der Waals surface area contributed by atoms with Crippen molar-refractivity contribution in [2.45, 2.75) is 65.5 Å². The van der Waals surface area contributed by atoms with Crippen LogP contribution in [0.3, 0.4) is 0 Å². The average molecular weight is 261 g/mol. The molecule has 0 aromatic heterocycles. The van der Waals surface area contributed by atoms with Gasteiger partial charge in [0.05, 0.1) is 0 Å². The molecule has 2 rings (SSSR count). The molecule has 2 N–H and O–H groups in total. The fourth-order valence-corrected chi connectivity index (χ4v) is 3.30. The van der Waals surface area contributed by atoms with E-state index in [-0.39, 0.29) is 6.04 Å². The van der Waals surface area contributed by atoms with E-state index in [1.54, 1.807) is 0 Å². The van der Waals surface area contributed by atoms with Crippen molar-refractivity contribution in [3.05, 3.63) is 29.3 Å². The lowest BCUT2D eigenvalue weighted by atomic mass is 9.75. The Kier molecular flexibility index (Phi) is 4.19. The Labute approximate surface area is 117 Å². The standard InChI is InChI=1S/C17H27NO/c1-12-7-8-15(16(19)10-12)13(2)18-14-6-5-9-17(3,4)11-14/h7-8,10,13-14,18-19H,5-6,9,11H2,1-4H3. The van der Waals surface area contributed by atoms with Crippen molar-refractivity contribution in [1.82, 2.24) is 5.32 Å². The minimum Gasteiger partial charge on any atom is -0.508 e. The summed E-state index contributed by atoms with van der Waals surface area (Å²) in [7, 11) is 0. The van der Waals surface area contributed by atoms with Gasteiger partial charge in [-0.3, -0.25) is 0 Å². The van der Waals surface area contributed by atoms with Crippen molar-refractivity contribution in [1.29, 1.82) is 0 Å². The third-order valence-electron chi connectivity index (χ3n) is 4.34. The molecule has 1 aromatic rings. The van der Waals surface area contributed by atoms with Crippen molar-refractivity contribution in [2.24, 2.45) is 5.41 Å². The summed E-state index contributed by atoms with van der Waals surface area (Å²) in [6.07, 6.45) is 5.11. The van der Waals surface area contributed by atoms with Crippen LogP contribution < -0.4 is 5.32 Å². The molecule has 19 heavy (non-hydrogen) atoms. The molecule has 0 spiro atoms. The lowest BCUT2D eigenvalue weighted by Gasteiger charge is -2.37. The molecule has 0 amide bonds. The Morgan fingerprint density at radius 3 is 2.74 bits per heavy atom. The van der Waals surface area contributed by atoms with E-state index in [1.807, 2.05) is 19.1 Å². The maximum atomic E-state index is 10.1. The normalized spacial score (nSPS) is 24.1. The number of hydrogen-bond donors (Lipinski definition) is 2. The van der Waals surface area contributed by atoms with Crippen molar-refractivity contribution in [2.75, 3.05) is 0 Å². The number of aromatic hydroxyl groups is 1. The number of hydrogen-bond acceptors (Lipinski definition) is 2. The molecule has 2 heteroatoms. The van der Waals surface area contributed by atoms with E-state index in [1.165, 1.54) is 25.7 Å². The number of phenols is 1. The second-order valence-corrected chi connectivity index (χ2v) is 6.91. The first-order valence-corrected chi connectivity index (χ1v) is 7.43. The van der Waals surface area contributed by atoms with E-state index in [9.17, 15) is 5.11 Å². The Hall–Kier alpha value is -1.02. The summed E-state index contributed by atoms with van der Waals surface area (Å²) in [5, 5.41) is 13.7. The highest BCUT2D eigenvalue weighted by atomic mass is 16.3. The summed E-state index contributed by atoms with van der Waals surface area (Å²) in [6.45, 7) is 8.86. The van der Waals surface area contributed by atoms with E-state index in [4.69, 9.17) is 0 Å². The van der Waals surface area contributed by atoms with Crippen LogP contribution in [0, 0.1) is 12.3 Å². The van der Waals surface area contributed by atoms with Crippen molar-refractivity contribution >= 4 is 0 Å². The largest absolute Gasteiger partial charge is 0.508 e. The van der Waals surface area contributed by atoms with Gasteiger partial charge >= 0.3 is 0 Å². The Morgan fingerprint density at radius 1 is 1.37 bits per heavy atom. The Balaban J connectivity index is 2.02. The molecular formula is C17H27NO. The van der Waals surface area contributed by atoms with E-state index in [2.05, 4.69) is 32.2 Å². The average Bonchev–Trinajstić information content (AvgIpc) is 2.27. The molecule has 0 heterocycles. The first kappa shape index (κ1) is 14.4. The fraction of sp³-hybridized carbons (Fsp3) is 0.647. The third-order valence-corrected chi connectivity index (χ3v) is 4.34. The van der Waals surface area contributed by atoms with E-state index in [0.717, 1.165) is 11.1 Å². The number of nitrogens with one attached hydrogen (secondary N) is 1. The minimum atomic E-state index is 0.208. The molecule has 2 unspecified atom stereocenters. The SMILES string of the molecule is Cc1ccc(C(C)NC2CCCC(C)(C)C2)c(O)c1. The van der Waals surface area contributed by atoms with Gasteiger partial charge in [0, 0.05) is 17.6 Å². The zero-order valence-corrected chi connectivity index (χ0v) is 12.7. The van der Waals surface area contributed by atoms with Crippen LogP contribution in [0.15, 0.2) is 18.2 Å². The first-order chi connectivity index (χ1) is 8.87. The van der Waals surface area contributed by atoms with E-state index < -0.39 is 0 Å². The molecule has 2 atom stereocenters. The molecule has 0 saturated heterocycles. The number of phenolic OH excluding ortho intramolecular Hbond substituents is 1. The Bertz CT molecular complexity index is 439. The third kappa shape index (κ3) is 3.73. The summed E-state index contributed by atoms with van der Waals surface area (Å²) in [4.78, 5) is 0. The minimum absolute atomic E-state index is 0.208. The molecule has 106 valence electrons. The van der Waals surface area contributed by atoms with Crippen molar-refractivity contribution in [3.8, 4) is 5.75 Å². The molecule has 1 aliphatic carbocycles.